The quantitative estimate of drug-likeness (QED) is 0.287. The fourth-order valence-electron chi connectivity index (χ4n) is 6.21. The van der Waals surface area contributed by atoms with Gasteiger partial charge in [-0.2, -0.15) is 5.10 Å². The van der Waals surface area contributed by atoms with Gasteiger partial charge >= 0.3 is 5.97 Å². The molecule has 1 saturated heterocycles. The van der Waals surface area contributed by atoms with E-state index in [1.807, 2.05) is 47.4 Å². The number of esters is 1. The first-order valence-corrected chi connectivity index (χ1v) is 15.7. The second kappa shape index (κ2) is 11.5. The third-order valence-corrected chi connectivity index (χ3v) is 9.67. The van der Waals surface area contributed by atoms with Gasteiger partial charge in [0.15, 0.2) is 10.8 Å². The molecule has 1 fully saturated rings. The fourth-order valence-corrected chi connectivity index (χ4v) is 7.22. The van der Waals surface area contributed by atoms with Crippen LogP contribution in [0.2, 0.25) is 0 Å². The molecule has 2 amide bonds. The number of hydrogen-bond donors (Lipinski definition) is 0. The Morgan fingerprint density at radius 1 is 0.864 bits per heavy atom. The lowest BCUT2D eigenvalue weighted by atomic mass is 10.0. The molecule has 44 heavy (non-hydrogen) atoms. The molecule has 2 aromatic heterocycles. The molecular weight excluding hydrogens is 578 g/mol. The van der Waals surface area contributed by atoms with E-state index in [1.165, 1.54) is 26.5 Å². The highest BCUT2D eigenvalue weighted by molar-refractivity contribution is 7.14. The Hall–Kier alpha value is -4.48. The highest BCUT2D eigenvalue weighted by Crippen LogP contribution is 2.35. The van der Waals surface area contributed by atoms with Gasteiger partial charge < -0.3 is 24.2 Å². The number of carbonyl (C=O) groups is 3. The minimum Gasteiger partial charge on any atom is -0.497 e. The summed E-state index contributed by atoms with van der Waals surface area (Å²) in [6, 6.07) is 16.7. The molecule has 0 bridgehead atoms. The van der Waals surface area contributed by atoms with Crippen molar-refractivity contribution in [1.29, 1.82) is 0 Å². The number of anilines is 2. The molecule has 4 aromatic rings. The van der Waals surface area contributed by atoms with Gasteiger partial charge in [0.05, 0.1) is 12.8 Å². The van der Waals surface area contributed by atoms with E-state index in [1.54, 1.807) is 24.1 Å². The molecule has 0 saturated carbocycles. The number of benzene rings is 2. The molecule has 3 aliphatic rings. The van der Waals surface area contributed by atoms with Crippen LogP contribution in [0.5, 0.6) is 10.8 Å². The lowest BCUT2D eigenvalue weighted by Crippen LogP contribution is -2.39. The van der Waals surface area contributed by atoms with E-state index in [-0.39, 0.29) is 17.5 Å². The van der Waals surface area contributed by atoms with Gasteiger partial charge in [0.2, 0.25) is 5.91 Å². The number of fused-ring (bicyclic) bond motifs is 2. The third-order valence-electron chi connectivity index (χ3n) is 8.55. The topological polar surface area (TPSA) is 97.2 Å². The number of piperidine rings is 1. The van der Waals surface area contributed by atoms with Gasteiger partial charge in [-0.15, -0.1) is 11.3 Å². The standard InChI is InChI=1S/C33H33N5O5S/c1-35-17-15-27-21(20-35)19-29(44-27)43-33(41)30-26-14-18-37(23-8-6-22(7-9-23)36-16-4-3-5-28(36)39)32(40)31(26)38(34-30)24-10-12-25(42-2)13-11-24/h6-13,19H,3-5,14-18,20H2,1-2H3. The summed E-state index contributed by atoms with van der Waals surface area (Å²) in [5.41, 5.74) is 4.41. The molecule has 2 aromatic carbocycles. The van der Waals surface area contributed by atoms with Gasteiger partial charge in [-0.25, -0.2) is 9.48 Å². The number of thiophene rings is 1. The van der Waals surface area contributed by atoms with E-state index >= 15 is 0 Å². The smallest absolute Gasteiger partial charge is 0.365 e. The number of methoxy groups -OCH3 is 1. The van der Waals surface area contributed by atoms with E-state index in [9.17, 15) is 14.4 Å². The van der Waals surface area contributed by atoms with Crippen molar-refractivity contribution < 1.29 is 23.9 Å². The molecule has 0 unspecified atom stereocenters. The second-order valence-electron chi connectivity index (χ2n) is 11.4. The summed E-state index contributed by atoms with van der Waals surface area (Å²) < 4.78 is 12.7. The molecule has 10 nitrogen and oxygen atoms in total. The molecule has 0 N–H and O–H groups in total. The van der Waals surface area contributed by atoms with E-state index in [0.29, 0.717) is 53.7 Å². The normalized spacial score (nSPS) is 17.0. The van der Waals surface area contributed by atoms with Crippen LogP contribution in [-0.4, -0.2) is 66.3 Å². The molecule has 226 valence electrons. The van der Waals surface area contributed by atoms with Gasteiger partial charge in [0.1, 0.15) is 11.4 Å². The number of likely N-dealkylation sites (N-methyl/N-ethyl adjacent to an activating group) is 1. The zero-order valence-electron chi connectivity index (χ0n) is 24.7. The molecule has 0 atom stereocenters. The maximum absolute atomic E-state index is 14.2. The average molecular weight is 612 g/mol. The van der Waals surface area contributed by atoms with Crippen LogP contribution in [0.15, 0.2) is 54.6 Å². The molecule has 7 rings (SSSR count). The Morgan fingerprint density at radius 3 is 2.32 bits per heavy atom. The summed E-state index contributed by atoms with van der Waals surface area (Å²) in [6.45, 7) is 2.88. The fraction of sp³-hybridized carbons (Fsp3) is 0.333. The maximum atomic E-state index is 14.2. The third kappa shape index (κ3) is 5.16. The summed E-state index contributed by atoms with van der Waals surface area (Å²) in [7, 11) is 3.67. The minimum absolute atomic E-state index is 0.126. The Bertz CT molecular complexity index is 1740. The number of carbonyl (C=O) groups excluding carboxylic acids is 3. The molecular formula is C33H33N5O5S. The van der Waals surface area contributed by atoms with Crippen LogP contribution in [0.4, 0.5) is 11.4 Å². The summed E-state index contributed by atoms with van der Waals surface area (Å²) in [5.74, 6) is -0.0372. The van der Waals surface area contributed by atoms with Crippen LogP contribution in [0, 0.1) is 0 Å². The van der Waals surface area contributed by atoms with Crippen LogP contribution in [0.3, 0.4) is 0 Å². The Morgan fingerprint density at radius 2 is 1.59 bits per heavy atom. The minimum atomic E-state index is -0.572. The van der Waals surface area contributed by atoms with E-state index in [0.717, 1.165) is 43.7 Å². The lowest BCUT2D eigenvalue weighted by molar-refractivity contribution is -0.119. The predicted octanol–water partition coefficient (Wildman–Crippen LogP) is 4.87. The van der Waals surface area contributed by atoms with Crippen molar-refractivity contribution in [2.75, 3.05) is 43.6 Å². The van der Waals surface area contributed by atoms with Gasteiger partial charge in [-0.1, -0.05) is 0 Å². The van der Waals surface area contributed by atoms with Crippen molar-refractivity contribution in [3.8, 4) is 16.5 Å². The highest BCUT2D eigenvalue weighted by Gasteiger charge is 2.36. The largest absolute Gasteiger partial charge is 0.497 e. The molecule has 0 radical (unpaired) electrons. The first kappa shape index (κ1) is 28.3. The summed E-state index contributed by atoms with van der Waals surface area (Å²) >= 11 is 1.50. The van der Waals surface area contributed by atoms with Crippen molar-refractivity contribution in [2.24, 2.45) is 0 Å². The van der Waals surface area contributed by atoms with Crippen molar-refractivity contribution in [3.05, 3.63) is 82.0 Å². The van der Waals surface area contributed by atoms with Crippen molar-refractivity contribution >= 4 is 40.5 Å². The van der Waals surface area contributed by atoms with Gasteiger partial charge in [0.25, 0.3) is 5.91 Å². The molecule has 11 heteroatoms. The summed E-state index contributed by atoms with van der Waals surface area (Å²) in [6.07, 6.45) is 3.81. The Kier molecular flexibility index (Phi) is 7.43. The predicted molar refractivity (Wildman–Crippen MR) is 167 cm³/mol. The Labute approximate surface area is 259 Å². The van der Waals surface area contributed by atoms with Crippen LogP contribution in [-0.2, 0) is 24.2 Å². The van der Waals surface area contributed by atoms with Crippen LogP contribution in [0.25, 0.3) is 5.69 Å². The van der Waals surface area contributed by atoms with Crippen molar-refractivity contribution in [1.82, 2.24) is 14.7 Å². The average Bonchev–Trinajstić information content (AvgIpc) is 3.63. The van der Waals surface area contributed by atoms with Gasteiger partial charge in [-0.05, 0) is 92.9 Å². The SMILES string of the molecule is COc1ccc(-n2nc(C(=O)Oc3cc4c(s3)CCN(C)C4)c3c2C(=O)N(c2ccc(N4CCCCC4=O)cc2)CC3)cc1. The van der Waals surface area contributed by atoms with E-state index in [2.05, 4.69) is 17.0 Å². The summed E-state index contributed by atoms with van der Waals surface area (Å²) in [5, 5.41) is 5.22. The number of hydrogen-bond acceptors (Lipinski definition) is 8. The number of aromatic nitrogens is 2. The number of ether oxygens (including phenoxy) is 2. The van der Waals surface area contributed by atoms with Crippen LogP contribution in [0.1, 0.15) is 56.2 Å². The zero-order valence-corrected chi connectivity index (χ0v) is 25.6. The van der Waals surface area contributed by atoms with Crippen LogP contribution >= 0.6 is 11.3 Å². The van der Waals surface area contributed by atoms with Gasteiger partial charge in [0, 0.05) is 54.4 Å². The van der Waals surface area contributed by atoms with Crippen molar-refractivity contribution in [3.63, 3.8) is 0 Å². The molecule has 0 spiro atoms. The lowest BCUT2D eigenvalue weighted by Gasteiger charge is -2.29. The number of nitrogens with zero attached hydrogens (tertiary/aromatic N) is 5. The second-order valence-corrected chi connectivity index (χ2v) is 12.5. The number of rotatable bonds is 6. The Balaban J connectivity index is 1.21. The molecule has 3 aliphatic heterocycles. The number of amides is 2. The van der Waals surface area contributed by atoms with E-state index < -0.39 is 5.97 Å². The van der Waals surface area contributed by atoms with E-state index in [4.69, 9.17) is 9.47 Å². The molecule has 0 aliphatic carbocycles. The van der Waals surface area contributed by atoms with Gasteiger partial charge in [-0.3, -0.25) is 9.59 Å². The zero-order chi connectivity index (χ0) is 30.4. The first-order valence-electron chi connectivity index (χ1n) is 14.9. The van der Waals surface area contributed by atoms with Crippen LogP contribution < -0.4 is 19.3 Å². The maximum Gasteiger partial charge on any atom is 0.365 e. The highest BCUT2D eigenvalue weighted by atomic mass is 32.1. The van der Waals surface area contributed by atoms with Crippen molar-refractivity contribution in [2.45, 2.75) is 38.6 Å². The first-order chi connectivity index (χ1) is 21.4. The summed E-state index contributed by atoms with van der Waals surface area (Å²) in [4.78, 5) is 47.2. The molecule has 5 heterocycles. The monoisotopic (exact) mass is 611 g/mol.